The Bertz CT molecular complexity index is 1350. The van der Waals surface area contributed by atoms with Gasteiger partial charge in [-0.15, -0.1) is 0 Å². The molecule has 4 aromatic rings. The van der Waals surface area contributed by atoms with E-state index in [0.717, 1.165) is 29.6 Å². The van der Waals surface area contributed by atoms with Crippen molar-refractivity contribution in [2.75, 3.05) is 13.7 Å². The van der Waals surface area contributed by atoms with E-state index in [-0.39, 0.29) is 0 Å². The van der Waals surface area contributed by atoms with E-state index in [0.29, 0.717) is 46.5 Å². The van der Waals surface area contributed by atoms with E-state index in [1.165, 1.54) is 12.4 Å². The number of unbranched alkanes of at least 4 members (excludes halogenated alkanes) is 2. The summed E-state index contributed by atoms with van der Waals surface area (Å²) in [6.45, 7) is 2.75. The molecule has 8 heteroatoms. The molecule has 0 radical (unpaired) electrons. The molecular weight excluding hydrogens is 430 g/mol. The topological polar surface area (TPSA) is 99.9 Å². The molecule has 3 heterocycles. The molecule has 0 aliphatic heterocycles. The highest BCUT2D eigenvalue weighted by atomic mass is 16.5. The standard InChI is InChI=1S/C26H25N5O3/c1-3-4-5-16-34-25-20(8-6-10-22(25)33-2)12-14-24-29-21-9-7-15-30(32)26(21)31(24)23-13-11-19(17-27)18-28-23/h6-15,18H,3-5,16H2,1-2H3. The maximum atomic E-state index is 12.6. The fraction of sp³-hybridized carbons (Fsp3) is 0.231. The monoisotopic (exact) mass is 455 g/mol. The Labute approximate surface area is 197 Å². The van der Waals surface area contributed by atoms with Gasteiger partial charge in [0.1, 0.15) is 6.07 Å². The zero-order valence-electron chi connectivity index (χ0n) is 19.1. The van der Waals surface area contributed by atoms with E-state index in [1.807, 2.05) is 30.4 Å². The van der Waals surface area contributed by atoms with Gasteiger partial charge < -0.3 is 14.7 Å². The molecule has 0 saturated carbocycles. The lowest BCUT2D eigenvalue weighted by Crippen LogP contribution is -2.28. The van der Waals surface area contributed by atoms with E-state index in [1.54, 1.807) is 35.9 Å². The summed E-state index contributed by atoms with van der Waals surface area (Å²) in [6, 6.07) is 14.5. The van der Waals surface area contributed by atoms with Gasteiger partial charge in [-0.2, -0.15) is 9.83 Å². The molecule has 0 spiro atoms. The van der Waals surface area contributed by atoms with Crippen LogP contribution in [0.4, 0.5) is 0 Å². The summed E-state index contributed by atoms with van der Waals surface area (Å²) in [7, 11) is 1.62. The number of ether oxygens (including phenoxy) is 2. The number of benzene rings is 1. The second-order valence-corrected chi connectivity index (χ2v) is 7.63. The Morgan fingerprint density at radius 1 is 1.15 bits per heavy atom. The van der Waals surface area contributed by atoms with Gasteiger partial charge in [-0.05, 0) is 36.8 Å². The van der Waals surface area contributed by atoms with Gasteiger partial charge in [0.15, 0.2) is 17.0 Å². The number of methoxy groups -OCH3 is 1. The summed E-state index contributed by atoms with van der Waals surface area (Å²) >= 11 is 0. The highest BCUT2D eigenvalue weighted by molar-refractivity contribution is 5.78. The number of nitriles is 1. The number of rotatable bonds is 9. The van der Waals surface area contributed by atoms with Crippen molar-refractivity contribution in [3.8, 4) is 23.4 Å². The number of nitrogens with zero attached hydrogens (tertiary/aromatic N) is 5. The smallest absolute Gasteiger partial charge is 0.319 e. The summed E-state index contributed by atoms with van der Waals surface area (Å²) in [5, 5.41) is 21.7. The van der Waals surface area contributed by atoms with Crippen LogP contribution in [0.2, 0.25) is 0 Å². The van der Waals surface area contributed by atoms with E-state index in [2.05, 4.69) is 23.0 Å². The quantitative estimate of drug-likeness (QED) is 0.206. The van der Waals surface area contributed by atoms with Crippen LogP contribution in [0.15, 0.2) is 54.9 Å². The lowest BCUT2D eigenvalue weighted by atomic mass is 10.1. The van der Waals surface area contributed by atoms with Crippen LogP contribution in [-0.4, -0.2) is 28.3 Å². The van der Waals surface area contributed by atoms with Crippen molar-refractivity contribution >= 4 is 23.3 Å². The number of para-hydroxylation sites is 1. The zero-order valence-corrected chi connectivity index (χ0v) is 19.1. The molecule has 0 fully saturated rings. The molecule has 172 valence electrons. The van der Waals surface area contributed by atoms with Crippen LogP contribution >= 0.6 is 0 Å². The summed E-state index contributed by atoms with van der Waals surface area (Å²) < 4.78 is 14.0. The molecule has 0 bridgehead atoms. The predicted octanol–water partition coefficient (Wildman–Crippen LogP) is 4.67. The van der Waals surface area contributed by atoms with E-state index in [9.17, 15) is 5.21 Å². The van der Waals surface area contributed by atoms with Crippen molar-refractivity contribution in [1.82, 2.24) is 14.5 Å². The van der Waals surface area contributed by atoms with Crippen molar-refractivity contribution in [3.05, 3.63) is 77.0 Å². The van der Waals surface area contributed by atoms with E-state index in [4.69, 9.17) is 14.7 Å². The molecule has 0 amide bonds. The van der Waals surface area contributed by atoms with Crippen LogP contribution < -0.4 is 14.2 Å². The molecule has 34 heavy (non-hydrogen) atoms. The van der Waals surface area contributed by atoms with Gasteiger partial charge in [0.25, 0.3) is 0 Å². The number of aromatic nitrogens is 4. The third kappa shape index (κ3) is 4.69. The minimum Gasteiger partial charge on any atom is -0.711 e. The number of pyridine rings is 2. The third-order valence-electron chi connectivity index (χ3n) is 5.33. The Kier molecular flexibility index (Phi) is 7.04. The van der Waals surface area contributed by atoms with Gasteiger partial charge in [-0.25, -0.2) is 14.7 Å². The first kappa shape index (κ1) is 22.8. The lowest BCUT2D eigenvalue weighted by molar-refractivity contribution is -0.579. The van der Waals surface area contributed by atoms with Crippen molar-refractivity contribution in [2.24, 2.45) is 0 Å². The van der Waals surface area contributed by atoms with E-state index < -0.39 is 0 Å². The van der Waals surface area contributed by atoms with Gasteiger partial charge in [0.05, 0.1) is 25.5 Å². The highest BCUT2D eigenvalue weighted by Crippen LogP contribution is 2.33. The van der Waals surface area contributed by atoms with Gasteiger partial charge in [0, 0.05) is 23.9 Å². The summed E-state index contributed by atoms with van der Waals surface area (Å²) in [5.74, 6) is 2.31. The lowest BCUT2D eigenvalue weighted by Gasteiger charge is -2.13. The number of fused-ring (bicyclic) bond motifs is 1. The minimum absolute atomic E-state index is 0.348. The van der Waals surface area contributed by atoms with Crippen molar-refractivity contribution in [1.29, 1.82) is 5.26 Å². The van der Waals surface area contributed by atoms with Crippen LogP contribution in [0.25, 0.3) is 29.1 Å². The van der Waals surface area contributed by atoms with Gasteiger partial charge in [0.2, 0.25) is 11.6 Å². The number of hydrogen-bond acceptors (Lipinski definition) is 6. The maximum Gasteiger partial charge on any atom is 0.319 e. The molecule has 0 aliphatic rings. The molecule has 3 aromatic heterocycles. The molecular formula is C26H25N5O3. The molecule has 8 nitrogen and oxygen atoms in total. The van der Waals surface area contributed by atoms with Crippen LogP contribution in [0.5, 0.6) is 11.5 Å². The normalized spacial score (nSPS) is 11.1. The Balaban J connectivity index is 1.77. The largest absolute Gasteiger partial charge is 0.711 e. The van der Waals surface area contributed by atoms with E-state index >= 15 is 0 Å². The summed E-state index contributed by atoms with van der Waals surface area (Å²) in [6.07, 6.45) is 9.75. The first-order chi connectivity index (χ1) is 16.7. The summed E-state index contributed by atoms with van der Waals surface area (Å²) in [4.78, 5) is 9.02. The maximum absolute atomic E-state index is 12.6. The Hall–Kier alpha value is -4.38. The zero-order chi connectivity index (χ0) is 23.9. The number of imidazole rings is 1. The van der Waals surface area contributed by atoms with Crippen LogP contribution in [0, 0.1) is 16.5 Å². The molecule has 4 rings (SSSR count). The average Bonchev–Trinajstić information content (AvgIpc) is 3.25. The molecule has 0 N–H and O–H groups in total. The van der Waals surface area contributed by atoms with Crippen LogP contribution in [-0.2, 0) is 0 Å². The van der Waals surface area contributed by atoms with Crippen molar-refractivity contribution < 1.29 is 14.2 Å². The third-order valence-corrected chi connectivity index (χ3v) is 5.33. The Morgan fingerprint density at radius 2 is 2.03 bits per heavy atom. The molecule has 0 unspecified atom stereocenters. The SMILES string of the molecule is CCCCCOc1c(C=Cc2nc3ccc[n+]([O-])c3n2-c2ccc(C#N)cn2)cccc1OC. The summed E-state index contributed by atoms with van der Waals surface area (Å²) in [5.41, 5.74) is 2.14. The van der Waals surface area contributed by atoms with Gasteiger partial charge in [-0.1, -0.05) is 31.9 Å². The fourth-order valence-electron chi connectivity index (χ4n) is 3.64. The second-order valence-electron chi connectivity index (χ2n) is 7.63. The fourth-order valence-corrected chi connectivity index (χ4v) is 3.64. The first-order valence-corrected chi connectivity index (χ1v) is 11.1. The minimum atomic E-state index is 0.348. The Morgan fingerprint density at radius 3 is 2.76 bits per heavy atom. The van der Waals surface area contributed by atoms with Crippen LogP contribution in [0.1, 0.15) is 43.1 Å². The van der Waals surface area contributed by atoms with Crippen LogP contribution in [0.3, 0.4) is 0 Å². The first-order valence-electron chi connectivity index (χ1n) is 11.1. The van der Waals surface area contributed by atoms with Gasteiger partial charge in [-0.3, -0.25) is 0 Å². The molecule has 0 saturated heterocycles. The molecule has 1 aromatic carbocycles. The second kappa shape index (κ2) is 10.5. The molecule has 0 aliphatic carbocycles. The van der Waals surface area contributed by atoms with Gasteiger partial charge >= 0.3 is 5.65 Å². The molecule has 0 atom stereocenters. The number of hydrogen-bond donors (Lipinski definition) is 0. The van der Waals surface area contributed by atoms with Crippen molar-refractivity contribution in [2.45, 2.75) is 26.2 Å². The highest BCUT2D eigenvalue weighted by Gasteiger charge is 2.21. The predicted molar refractivity (Wildman–Crippen MR) is 129 cm³/mol. The van der Waals surface area contributed by atoms with Crippen molar-refractivity contribution in [3.63, 3.8) is 0 Å². The average molecular weight is 456 g/mol.